The van der Waals surface area contributed by atoms with Gasteiger partial charge in [-0.1, -0.05) is 17.4 Å². The molecule has 8 heteroatoms. The third-order valence-electron chi connectivity index (χ3n) is 4.79. The molecule has 154 valence electrons. The molecule has 2 aromatic heterocycles. The number of benzene rings is 2. The predicted octanol–water partition coefficient (Wildman–Crippen LogP) is 2.34. The molecular weight excluding hydrogens is 402 g/mol. The van der Waals surface area contributed by atoms with Gasteiger partial charge in [0.2, 0.25) is 0 Å². The molecule has 0 atom stereocenters. The van der Waals surface area contributed by atoms with Crippen LogP contribution in [0, 0.1) is 13.8 Å². The van der Waals surface area contributed by atoms with Crippen molar-refractivity contribution in [2.75, 3.05) is 13.2 Å². The van der Waals surface area contributed by atoms with E-state index in [0.717, 1.165) is 27.7 Å². The van der Waals surface area contributed by atoms with Crippen molar-refractivity contribution < 1.29 is 14.3 Å². The van der Waals surface area contributed by atoms with Crippen molar-refractivity contribution in [1.29, 1.82) is 0 Å². The molecule has 0 fully saturated rings. The number of thiazole rings is 1. The van der Waals surface area contributed by atoms with Crippen molar-refractivity contribution >= 4 is 39.3 Å². The first kappa shape index (κ1) is 19.9. The van der Waals surface area contributed by atoms with Gasteiger partial charge in [0.05, 0.1) is 22.2 Å². The lowest BCUT2D eigenvalue weighted by Gasteiger charge is -2.11. The fourth-order valence-corrected chi connectivity index (χ4v) is 4.21. The lowest BCUT2D eigenvalue weighted by molar-refractivity contribution is -0.119. The third-order valence-corrected chi connectivity index (χ3v) is 5.76. The van der Waals surface area contributed by atoms with E-state index in [2.05, 4.69) is 4.98 Å². The van der Waals surface area contributed by atoms with E-state index in [-0.39, 0.29) is 12.2 Å². The largest absolute Gasteiger partial charge is 0.490 e. The number of primary amides is 1. The van der Waals surface area contributed by atoms with Crippen LogP contribution in [0.25, 0.3) is 22.1 Å². The van der Waals surface area contributed by atoms with Crippen molar-refractivity contribution in [3.05, 3.63) is 61.9 Å². The minimum Gasteiger partial charge on any atom is -0.490 e. The van der Waals surface area contributed by atoms with E-state index in [9.17, 15) is 9.59 Å². The zero-order chi connectivity index (χ0) is 21.4. The Morgan fingerprint density at radius 2 is 1.93 bits per heavy atom. The summed E-state index contributed by atoms with van der Waals surface area (Å²) in [7, 11) is 0. The summed E-state index contributed by atoms with van der Waals surface area (Å²) in [5, 5.41) is 0. The van der Waals surface area contributed by atoms with Crippen LogP contribution in [0.4, 0.5) is 0 Å². The molecule has 2 heterocycles. The Labute approximate surface area is 176 Å². The molecule has 0 aliphatic rings. The number of fused-ring (bicyclic) bond motifs is 3. The smallest absolute Gasteiger partial charge is 0.274 e. The maximum Gasteiger partial charge on any atom is 0.274 e. The summed E-state index contributed by atoms with van der Waals surface area (Å²) in [6.45, 7) is 6.11. The number of amides is 1. The van der Waals surface area contributed by atoms with Crippen molar-refractivity contribution in [3.63, 3.8) is 0 Å². The van der Waals surface area contributed by atoms with Crippen LogP contribution < -0.4 is 25.3 Å². The van der Waals surface area contributed by atoms with Gasteiger partial charge in [0, 0.05) is 0 Å². The maximum atomic E-state index is 13.1. The molecule has 4 rings (SSSR count). The summed E-state index contributed by atoms with van der Waals surface area (Å²) < 4.78 is 13.2. The zero-order valence-electron chi connectivity index (χ0n) is 16.9. The Morgan fingerprint density at radius 1 is 1.17 bits per heavy atom. The van der Waals surface area contributed by atoms with Crippen LogP contribution in [0.15, 0.2) is 35.1 Å². The highest BCUT2D eigenvalue weighted by Gasteiger charge is 2.13. The number of carbonyl (C=O) groups is 1. The number of carbonyl (C=O) groups excluding carboxylic acids is 1. The van der Waals surface area contributed by atoms with E-state index >= 15 is 0 Å². The van der Waals surface area contributed by atoms with Gasteiger partial charge in [0.15, 0.2) is 23.1 Å². The Bertz CT molecular complexity index is 1390. The summed E-state index contributed by atoms with van der Waals surface area (Å²) in [6, 6.07) is 9.28. The fourth-order valence-electron chi connectivity index (χ4n) is 3.22. The lowest BCUT2D eigenvalue weighted by atomic mass is 10.1. The number of aryl methyl sites for hydroxylation is 2. The highest BCUT2D eigenvalue weighted by molar-refractivity contribution is 7.15. The minimum absolute atomic E-state index is 0.104. The number of nitrogens with two attached hydrogens (primary N) is 1. The molecule has 2 aromatic carbocycles. The molecule has 0 saturated heterocycles. The summed E-state index contributed by atoms with van der Waals surface area (Å²) in [6.07, 6.45) is 1.80. The summed E-state index contributed by atoms with van der Waals surface area (Å²) in [4.78, 5) is 29.3. The van der Waals surface area contributed by atoms with Crippen LogP contribution in [-0.4, -0.2) is 28.5 Å². The van der Waals surface area contributed by atoms with Crippen LogP contribution in [0.1, 0.15) is 23.6 Å². The number of aromatic nitrogens is 2. The molecule has 0 bridgehead atoms. The highest BCUT2D eigenvalue weighted by atomic mass is 32.1. The normalized spacial score (nSPS) is 12.0. The number of ether oxygens (including phenoxy) is 2. The van der Waals surface area contributed by atoms with Crippen molar-refractivity contribution in [2.24, 2.45) is 5.73 Å². The first-order chi connectivity index (χ1) is 14.4. The quantitative estimate of drug-likeness (QED) is 0.514. The van der Waals surface area contributed by atoms with Gasteiger partial charge >= 0.3 is 0 Å². The van der Waals surface area contributed by atoms with Gasteiger partial charge in [-0.05, 0) is 67.8 Å². The Balaban J connectivity index is 1.80. The molecule has 1 amide bonds. The zero-order valence-corrected chi connectivity index (χ0v) is 17.7. The number of hydrogen-bond acceptors (Lipinski definition) is 6. The van der Waals surface area contributed by atoms with E-state index in [4.69, 9.17) is 15.2 Å². The Kier molecular flexibility index (Phi) is 5.17. The first-order valence-electron chi connectivity index (χ1n) is 9.49. The minimum atomic E-state index is -0.566. The summed E-state index contributed by atoms with van der Waals surface area (Å²) in [5.41, 5.74) is 9.73. The van der Waals surface area contributed by atoms with Crippen LogP contribution in [0.5, 0.6) is 11.5 Å². The highest BCUT2D eigenvalue weighted by Crippen LogP contribution is 2.29. The van der Waals surface area contributed by atoms with Crippen LogP contribution in [0.3, 0.4) is 0 Å². The Morgan fingerprint density at radius 3 is 2.67 bits per heavy atom. The van der Waals surface area contributed by atoms with E-state index in [1.807, 2.05) is 32.9 Å². The predicted molar refractivity (Wildman–Crippen MR) is 117 cm³/mol. The molecule has 0 radical (unpaired) electrons. The van der Waals surface area contributed by atoms with Crippen LogP contribution in [-0.2, 0) is 4.79 Å². The van der Waals surface area contributed by atoms with Crippen molar-refractivity contribution in [1.82, 2.24) is 9.38 Å². The number of imidazole rings is 1. The van der Waals surface area contributed by atoms with Gasteiger partial charge in [-0.2, -0.15) is 0 Å². The molecule has 0 saturated carbocycles. The van der Waals surface area contributed by atoms with Crippen molar-refractivity contribution in [2.45, 2.75) is 20.8 Å². The summed E-state index contributed by atoms with van der Waals surface area (Å²) >= 11 is 1.34. The van der Waals surface area contributed by atoms with Gasteiger partial charge in [0.25, 0.3) is 11.5 Å². The second-order valence-electron chi connectivity index (χ2n) is 6.96. The van der Waals surface area contributed by atoms with Crippen LogP contribution in [0.2, 0.25) is 0 Å². The van der Waals surface area contributed by atoms with E-state index < -0.39 is 5.91 Å². The van der Waals surface area contributed by atoms with Gasteiger partial charge in [-0.3, -0.25) is 9.59 Å². The van der Waals surface area contributed by atoms with Crippen molar-refractivity contribution in [3.8, 4) is 11.5 Å². The second kappa shape index (κ2) is 7.79. The molecular formula is C22H21N3O4S. The van der Waals surface area contributed by atoms with Gasteiger partial charge in [0.1, 0.15) is 0 Å². The average molecular weight is 423 g/mol. The topological polar surface area (TPSA) is 95.9 Å². The molecule has 30 heavy (non-hydrogen) atoms. The van der Waals surface area contributed by atoms with E-state index in [1.165, 1.54) is 11.3 Å². The van der Waals surface area contributed by atoms with Gasteiger partial charge < -0.3 is 15.2 Å². The molecule has 0 aliphatic carbocycles. The fraction of sp³-hybridized carbons (Fsp3) is 0.227. The third kappa shape index (κ3) is 3.61. The molecule has 2 N–H and O–H groups in total. The summed E-state index contributed by atoms with van der Waals surface area (Å²) in [5.74, 6) is 0.342. The lowest BCUT2D eigenvalue weighted by Crippen LogP contribution is -2.22. The molecule has 7 nitrogen and oxygen atoms in total. The number of hydrogen-bond donors (Lipinski definition) is 1. The molecule has 0 aliphatic heterocycles. The average Bonchev–Trinajstić information content (AvgIpc) is 3.18. The number of nitrogens with zero attached hydrogens (tertiary/aromatic N) is 2. The van der Waals surface area contributed by atoms with Gasteiger partial charge in [-0.15, -0.1) is 0 Å². The first-order valence-corrected chi connectivity index (χ1v) is 10.3. The SMILES string of the molecule is CCOc1cc(C=c2sc3nc4cc(C)c(C)cc4n3c2=O)ccc1OCC(N)=O. The molecule has 0 spiro atoms. The van der Waals surface area contributed by atoms with Crippen LogP contribution >= 0.6 is 11.3 Å². The number of rotatable bonds is 6. The molecule has 0 unspecified atom stereocenters. The van der Waals surface area contributed by atoms with E-state index in [1.54, 1.807) is 28.7 Å². The van der Waals surface area contributed by atoms with Gasteiger partial charge in [-0.25, -0.2) is 9.38 Å². The maximum absolute atomic E-state index is 13.1. The second-order valence-corrected chi connectivity index (χ2v) is 7.97. The standard InChI is InChI=1S/C22H21N3O4S/c1-4-28-18-9-14(5-6-17(18)29-11-20(23)26)10-19-21(27)25-16-8-13(3)12(2)7-15(16)24-22(25)30-19/h5-10H,4,11H2,1-3H3,(H2,23,26). The Hall–Kier alpha value is -3.39. The molecule has 4 aromatic rings. The van der Waals surface area contributed by atoms with E-state index in [0.29, 0.717) is 27.6 Å². The monoisotopic (exact) mass is 423 g/mol.